The highest BCUT2D eigenvalue weighted by Gasteiger charge is 2.27. The summed E-state index contributed by atoms with van der Waals surface area (Å²) in [5.41, 5.74) is 1.23. The van der Waals surface area contributed by atoms with Crippen LogP contribution in [-0.4, -0.2) is 28.3 Å². The van der Waals surface area contributed by atoms with Crippen LogP contribution in [0.5, 0.6) is 5.75 Å². The molecule has 0 spiro atoms. The van der Waals surface area contributed by atoms with E-state index in [4.69, 9.17) is 4.74 Å². The van der Waals surface area contributed by atoms with Crippen LogP contribution in [-0.2, 0) is 4.79 Å². The van der Waals surface area contributed by atoms with Gasteiger partial charge in [0.2, 0.25) is 5.91 Å². The van der Waals surface area contributed by atoms with Gasteiger partial charge in [-0.1, -0.05) is 11.8 Å². The first kappa shape index (κ1) is 15.6. The van der Waals surface area contributed by atoms with Crippen molar-refractivity contribution < 1.29 is 9.53 Å². The first-order valence-electron chi connectivity index (χ1n) is 7.23. The van der Waals surface area contributed by atoms with Crippen molar-refractivity contribution in [3.05, 3.63) is 46.4 Å². The molecule has 23 heavy (non-hydrogen) atoms. The fourth-order valence-electron chi connectivity index (χ4n) is 2.47. The van der Waals surface area contributed by atoms with Crippen LogP contribution in [0.4, 0.5) is 5.69 Å². The minimum Gasteiger partial charge on any atom is -0.497 e. The van der Waals surface area contributed by atoms with Crippen molar-refractivity contribution in [3.63, 3.8) is 0 Å². The molecular weight excluding hydrogens is 314 g/mol. The molecule has 1 atom stereocenters. The van der Waals surface area contributed by atoms with E-state index in [2.05, 4.69) is 10.3 Å². The number of nitrogens with one attached hydrogen (secondary N) is 1. The van der Waals surface area contributed by atoms with Crippen molar-refractivity contribution in [1.82, 2.24) is 9.55 Å². The normalized spacial score (nSPS) is 16.0. The zero-order valence-electron chi connectivity index (χ0n) is 12.9. The van der Waals surface area contributed by atoms with Gasteiger partial charge in [0.25, 0.3) is 5.56 Å². The fourth-order valence-corrected chi connectivity index (χ4v) is 3.58. The molecule has 0 bridgehead atoms. The largest absolute Gasteiger partial charge is 0.497 e. The number of carbonyl (C=O) groups excluding carboxylic acids is 1. The van der Waals surface area contributed by atoms with Crippen LogP contribution < -0.4 is 15.6 Å². The highest BCUT2D eigenvalue weighted by molar-refractivity contribution is 7.99. The van der Waals surface area contributed by atoms with Gasteiger partial charge in [0.1, 0.15) is 5.75 Å². The number of hydrogen-bond acceptors (Lipinski definition) is 5. The van der Waals surface area contributed by atoms with Crippen molar-refractivity contribution in [3.8, 4) is 5.75 Å². The van der Waals surface area contributed by atoms with Crippen LogP contribution in [0.3, 0.4) is 0 Å². The summed E-state index contributed by atoms with van der Waals surface area (Å²) >= 11 is 1.51. The van der Waals surface area contributed by atoms with Crippen molar-refractivity contribution in [2.45, 2.75) is 24.5 Å². The van der Waals surface area contributed by atoms with Crippen molar-refractivity contribution in [2.24, 2.45) is 0 Å². The van der Waals surface area contributed by atoms with Gasteiger partial charge in [0.15, 0.2) is 5.16 Å². The molecule has 1 amide bonds. The number of ether oxygens (including phenoxy) is 1. The predicted octanol–water partition coefficient (Wildman–Crippen LogP) is 2.24. The van der Waals surface area contributed by atoms with Gasteiger partial charge < -0.3 is 10.1 Å². The number of methoxy groups -OCH3 is 1. The van der Waals surface area contributed by atoms with Crippen LogP contribution in [0.1, 0.15) is 18.0 Å². The number of carbonyl (C=O) groups is 1. The molecule has 1 N–H and O–H groups in total. The van der Waals surface area contributed by atoms with E-state index in [9.17, 15) is 9.59 Å². The number of hydrogen-bond donors (Lipinski definition) is 1. The standard InChI is InChI=1S/C16H17N3O3S/c1-10-8-17-16-19(15(10)21)12(9-23-16)7-14(20)18-11-3-5-13(22-2)6-4-11/h3-6,8,12H,7,9H2,1-2H3,(H,18,20). The molecule has 1 aliphatic rings. The minimum absolute atomic E-state index is 0.0674. The Kier molecular flexibility index (Phi) is 4.38. The van der Waals surface area contributed by atoms with Crippen LogP contribution >= 0.6 is 11.8 Å². The Balaban J connectivity index is 1.70. The van der Waals surface area contributed by atoms with E-state index in [-0.39, 0.29) is 23.9 Å². The monoisotopic (exact) mass is 331 g/mol. The SMILES string of the molecule is COc1ccc(NC(=O)CC2CSc3ncc(C)c(=O)n32)cc1. The average molecular weight is 331 g/mol. The number of fused-ring (bicyclic) bond motifs is 1. The number of nitrogens with zero attached hydrogens (tertiary/aromatic N) is 2. The molecule has 0 saturated heterocycles. The second kappa shape index (κ2) is 6.45. The highest BCUT2D eigenvalue weighted by atomic mass is 32.2. The van der Waals surface area contributed by atoms with Crippen LogP contribution in [0.25, 0.3) is 0 Å². The Morgan fingerprint density at radius 1 is 1.43 bits per heavy atom. The van der Waals surface area contributed by atoms with E-state index in [1.165, 1.54) is 11.8 Å². The molecule has 0 saturated carbocycles. The molecule has 2 heterocycles. The predicted molar refractivity (Wildman–Crippen MR) is 89.2 cm³/mol. The molecule has 1 aromatic carbocycles. The zero-order valence-corrected chi connectivity index (χ0v) is 13.7. The number of aromatic nitrogens is 2. The van der Waals surface area contributed by atoms with Gasteiger partial charge in [-0.25, -0.2) is 4.98 Å². The summed E-state index contributed by atoms with van der Waals surface area (Å²) < 4.78 is 6.72. The van der Waals surface area contributed by atoms with Crippen LogP contribution in [0, 0.1) is 6.92 Å². The van der Waals surface area contributed by atoms with Gasteiger partial charge in [0, 0.05) is 29.6 Å². The fraction of sp³-hybridized carbons (Fsp3) is 0.312. The Hall–Kier alpha value is -2.28. The summed E-state index contributed by atoms with van der Waals surface area (Å²) in [5.74, 6) is 1.29. The minimum atomic E-state index is -0.159. The first-order chi connectivity index (χ1) is 11.1. The topological polar surface area (TPSA) is 73.2 Å². The molecule has 1 aliphatic heterocycles. The zero-order chi connectivity index (χ0) is 16.4. The van der Waals surface area contributed by atoms with Gasteiger partial charge in [-0.05, 0) is 31.2 Å². The molecule has 1 unspecified atom stereocenters. The summed E-state index contributed by atoms with van der Waals surface area (Å²) in [6.45, 7) is 1.74. The maximum Gasteiger partial charge on any atom is 0.257 e. The van der Waals surface area contributed by atoms with E-state index in [1.54, 1.807) is 49.1 Å². The summed E-state index contributed by atoms with van der Waals surface area (Å²) in [4.78, 5) is 28.7. The number of amides is 1. The second-order valence-electron chi connectivity index (χ2n) is 5.34. The highest BCUT2D eigenvalue weighted by Crippen LogP contribution is 2.32. The van der Waals surface area contributed by atoms with Crippen LogP contribution in [0.2, 0.25) is 0 Å². The molecule has 2 aromatic rings. The lowest BCUT2D eigenvalue weighted by molar-refractivity contribution is -0.116. The first-order valence-corrected chi connectivity index (χ1v) is 8.22. The molecular formula is C16H17N3O3S. The summed E-state index contributed by atoms with van der Waals surface area (Å²) in [7, 11) is 1.59. The number of benzene rings is 1. The number of aryl methyl sites for hydroxylation is 1. The molecule has 0 radical (unpaired) electrons. The van der Waals surface area contributed by atoms with E-state index in [0.717, 1.165) is 5.75 Å². The number of anilines is 1. The maximum atomic E-state index is 12.2. The van der Waals surface area contributed by atoms with Crippen molar-refractivity contribution in [1.29, 1.82) is 0 Å². The van der Waals surface area contributed by atoms with Gasteiger partial charge in [-0.15, -0.1) is 0 Å². The summed E-state index contributed by atoms with van der Waals surface area (Å²) in [5, 5.41) is 3.53. The third kappa shape index (κ3) is 3.24. The molecule has 1 aromatic heterocycles. The summed E-state index contributed by atoms with van der Waals surface area (Å²) in [6.07, 6.45) is 1.83. The lowest BCUT2D eigenvalue weighted by Gasteiger charge is -2.13. The molecule has 6 nitrogen and oxygen atoms in total. The van der Waals surface area contributed by atoms with Crippen LogP contribution in [0.15, 0.2) is 40.4 Å². The maximum absolute atomic E-state index is 12.2. The third-order valence-corrected chi connectivity index (χ3v) is 4.81. The van der Waals surface area contributed by atoms with Gasteiger partial charge in [-0.2, -0.15) is 0 Å². The molecule has 0 aliphatic carbocycles. The Bertz CT molecular complexity index is 786. The average Bonchev–Trinajstić information content (AvgIpc) is 2.95. The van der Waals surface area contributed by atoms with E-state index < -0.39 is 0 Å². The quantitative estimate of drug-likeness (QED) is 0.870. The number of thioether (sulfide) groups is 1. The Morgan fingerprint density at radius 3 is 2.87 bits per heavy atom. The molecule has 7 heteroatoms. The van der Waals surface area contributed by atoms with Gasteiger partial charge in [0.05, 0.1) is 13.2 Å². The lowest BCUT2D eigenvalue weighted by atomic mass is 10.2. The smallest absolute Gasteiger partial charge is 0.257 e. The number of rotatable bonds is 4. The van der Waals surface area contributed by atoms with E-state index >= 15 is 0 Å². The molecule has 120 valence electrons. The van der Waals surface area contributed by atoms with E-state index in [1.807, 2.05) is 0 Å². The Labute approximate surface area is 137 Å². The van der Waals surface area contributed by atoms with Crippen molar-refractivity contribution >= 4 is 23.4 Å². The second-order valence-corrected chi connectivity index (χ2v) is 6.33. The summed E-state index contributed by atoms with van der Waals surface area (Å²) in [6, 6.07) is 6.98. The molecule has 3 rings (SSSR count). The molecule has 0 fully saturated rings. The lowest BCUT2D eigenvalue weighted by Crippen LogP contribution is -2.28. The van der Waals surface area contributed by atoms with E-state index in [0.29, 0.717) is 22.2 Å². The third-order valence-electron chi connectivity index (χ3n) is 3.70. The Morgan fingerprint density at radius 2 is 2.17 bits per heavy atom. The van der Waals surface area contributed by atoms with Crippen molar-refractivity contribution in [2.75, 3.05) is 18.2 Å². The van der Waals surface area contributed by atoms with Gasteiger partial charge >= 0.3 is 0 Å². The van der Waals surface area contributed by atoms with Gasteiger partial charge in [-0.3, -0.25) is 14.2 Å².